The van der Waals surface area contributed by atoms with E-state index in [0.29, 0.717) is 39.3 Å². The number of hydrogen-bond donors (Lipinski definition) is 1. The number of carbonyl (C=O) groups excluding carboxylic acids is 2. The molecule has 1 aliphatic rings. The van der Waals surface area contributed by atoms with Crippen molar-refractivity contribution in [3.8, 4) is 11.5 Å². The van der Waals surface area contributed by atoms with Crippen LogP contribution in [-0.2, 0) is 24.1 Å². The van der Waals surface area contributed by atoms with Crippen molar-refractivity contribution in [2.24, 2.45) is 0 Å². The second kappa shape index (κ2) is 9.13. The van der Waals surface area contributed by atoms with Crippen molar-refractivity contribution < 1.29 is 14.1 Å². The van der Waals surface area contributed by atoms with Gasteiger partial charge in [-0.05, 0) is 54.8 Å². The number of thiophene rings is 2. The van der Waals surface area contributed by atoms with E-state index >= 15 is 0 Å². The number of aryl methyl sites for hydroxylation is 2. The van der Waals surface area contributed by atoms with Crippen LogP contribution in [0.2, 0.25) is 0 Å². The van der Waals surface area contributed by atoms with Gasteiger partial charge in [0, 0.05) is 23.9 Å². The SMILES string of the molecule is O=C(CCc1nc(-c2ccccn2)no1)Nc1sc2c(c1C(=O)c1cccs1)CCCC2. The monoisotopic (exact) mass is 464 g/mol. The molecule has 7 nitrogen and oxygen atoms in total. The van der Waals surface area contributed by atoms with Crippen LogP contribution >= 0.6 is 22.7 Å². The Morgan fingerprint density at radius 3 is 2.84 bits per heavy atom. The van der Waals surface area contributed by atoms with Crippen LogP contribution < -0.4 is 5.32 Å². The van der Waals surface area contributed by atoms with Gasteiger partial charge < -0.3 is 9.84 Å². The molecule has 0 unspecified atom stereocenters. The van der Waals surface area contributed by atoms with Crippen molar-refractivity contribution in [2.45, 2.75) is 38.5 Å². The maximum Gasteiger partial charge on any atom is 0.227 e. The highest BCUT2D eigenvalue weighted by Gasteiger charge is 2.27. The molecule has 1 N–H and O–H groups in total. The van der Waals surface area contributed by atoms with Gasteiger partial charge in [-0.2, -0.15) is 4.98 Å². The van der Waals surface area contributed by atoms with E-state index in [1.807, 2.05) is 29.6 Å². The summed E-state index contributed by atoms with van der Waals surface area (Å²) in [5.41, 5.74) is 2.38. The maximum atomic E-state index is 13.2. The number of rotatable bonds is 7. The summed E-state index contributed by atoms with van der Waals surface area (Å²) in [5, 5.41) is 9.47. The molecule has 0 aliphatic heterocycles. The minimum atomic E-state index is -0.179. The number of amides is 1. The van der Waals surface area contributed by atoms with Gasteiger partial charge in [-0.1, -0.05) is 17.3 Å². The molecule has 0 fully saturated rings. The number of aromatic nitrogens is 3. The highest BCUT2D eigenvalue weighted by molar-refractivity contribution is 7.17. The number of ketones is 1. The number of nitrogens with zero attached hydrogens (tertiary/aromatic N) is 3. The molecular formula is C23H20N4O3S2. The third kappa shape index (κ3) is 4.26. The van der Waals surface area contributed by atoms with Crippen molar-refractivity contribution in [1.82, 2.24) is 15.1 Å². The highest BCUT2D eigenvalue weighted by atomic mass is 32.1. The molecule has 1 aliphatic carbocycles. The van der Waals surface area contributed by atoms with Crippen LogP contribution in [0.4, 0.5) is 5.00 Å². The Labute approximate surface area is 192 Å². The van der Waals surface area contributed by atoms with Crippen LogP contribution in [0, 0.1) is 0 Å². The van der Waals surface area contributed by atoms with Crippen LogP contribution in [0.3, 0.4) is 0 Å². The lowest BCUT2D eigenvalue weighted by atomic mass is 9.93. The van der Waals surface area contributed by atoms with Gasteiger partial charge in [0.2, 0.25) is 23.4 Å². The van der Waals surface area contributed by atoms with Gasteiger partial charge in [0.1, 0.15) is 10.7 Å². The predicted molar refractivity (Wildman–Crippen MR) is 123 cm³/mol. The quantitative estimate of drug-likeness (QED) is 0.389. The number of nitrogens with one attached hydrogen (secondary N) is 1. The molecule has 4 heterocycles. The largest absolute Gasteiger partial charge is 0.339 e. The fraction of sp³-hybridized carbons (Fsp3) is 0.261. The minimum absolute atomic E-state index is 0.00777. The topological polar surface area (TPSA) is 98.0 Å². The molecule has 5 rings (SSSR count). The summed E-state index contributed by atoms with van der Waals surface area (Å²) >= 11 is 2.96. The zero-order valence-electron chi connectivity index (χ0n) is 17.2. The summed E-state index contributed by atoms with van der Waals surface area (Å²) < 4.78 is 5.27. The molecule has 0 atom stereocenters. The van der Waals surface area contributed by atoms with E-state index < -0.39 is 0 Å². The van der Waals surface area contributed by atoms with E-state index in [1.165, 1.54) is 27.6 Å². The van der Waals surface area contributed by atoms with Crippen LogP contribution in [0.15, 0.2) is 46.4 Å². The third-order valence-corrected chi connectivity index (χ3v) is 7.40. The molecule has 0 bridgehead atoms. The van der Waals surface area contributed by atoms with Gasteiger partial charge in [0.15, 0.2) is 0 Å². The molecule has 0 saturated heterocycles. The molecule has 0 saturated carbocycles. The van der Waals surface area contributed by atoms with E-state index in [4.69, 9.17) is 4.52 Å². The first-order valence-electron chi connectivity index (χ1n) is 10.5. The average Bonchev–Trinajstić information content (AvgIpc) is 3.58. The molecule has 162 valence electrons. The second-order valence-corrected chi connectivity index (χ2v) is 9.55. The summed E-state index contributed by atoms with van der Waals surface area (Å²) in [5.74, 6) is 0.588. The molecule has 0 spiro atoms. The summed E-state index contributed by atoms with van der Waals surface area (Å²) in [4.78, 5) is 36.3. The Morgan fingerprint density at radius 1 is 1.12 bits per heavy atom. The second-order valence-electron chi connectivity index (χ2n) is 7.50. The van der Waals surface area contributed by atoms with E-state index in [0.717, 1.165) is 31.2 Å². The third-order valence-electron chi connectivity index (χ3n) is 5.32. The Kier molecular flexibility index (Phi) is 5.91. The van der Waals surface area contributed by atoms with Gasteiger partial charge in [0.25, 0.3) is 0 Å². The summed E-state index contributed by atoms with van der Waals surface area (Å²) in [6.45, 7) is 0. The van der Waals surface area contributed by atoms with E-state index in [9.17, 15) is 9.59 Å². The summed E-state index contributed by atoms with van der Waals surface area (Å²) in [6, 6.07) is 9.17. The maximum absolute atomic E-state index is 13.2. The van der Waals surface area contributed by atoms with Crippen LogP contribution in [0.25, 0.3) is 11.5 Å². The normalized spacial score (nSPS) is 13.0. The lowest BCUT2D eigenvalue weighted by Gasteiger charge is -2.12. The standard InChI is InChI=1S/C23H20N4O3S2/c28-18(10-11-19-26-22(27-30-19)15-7-3-4-12-24-15)25-23-20(21(29)17-9-5-13-31-17)14-6-1-2-8-16(14)32-23/h3-5,7,9,12-13H,1-2,6,8,10-11H2,(H,25,28). The number of fused-ring (bicyclic) bond motifs is 1. The predicted octanol–water partition coefficient (Wildman–Crippen LogP) is 4.94. The van der Waals surface area contributed by atoms with Crippen LogP contribution in [-0.4, -0.2) is 26.8 Å². The van der Waals surface area contributed by atoms with E-state index in [-0.39, 0.29) is 18.1 Å². The Bertz CT molecular complexity index is 1250. The zero-order valence-corrected chi connectivity index (χ0v) is 18.8. The van der Waals surface area contributed by atoms with E-state index in [2.05, 4.69) is 20.4 Å². The highest BCUT2D eigenvalue weighted by Crippen LogP contribution is 2.39. The number of hydrogen-bond acceptors (Lipinski definition) is 8. The van der Waals surface area contributed by atoms with Crippen LogP contribution in [0.1, 0.15) is 50.8 Å². The minimum Gasteiger partial charge on any atom is -0.339 e. The zero-order chi connectivity index (χ0) is 21.9. The van der Waals surface area contributed by atoms with E-state index in [1.54, 1.807) is 12.3 Å². The van der Waals surface area contributed by atoms with Crippen molar-refractivity contribution in [1.29, 1.82) is 0 Å². The van der Waals surface area contributed by atoms with Gasteiger partial charge in [0.05, 0.1) is 10.4 Å². The fourth-order valence-electron chi connectivity index (χ4n) is 3.79. The molecule has 1 amide bonds. The van der Waals surface area contributed by atoms with Crippen molar-refractivity contribution in [3.63, 3.8) is 0 Å². The lowest BCUT2D eigenvalue weighted by Crippen LogP contribution is -2.15. The molecule has 0 aromatic carbocycles. The first-order chi connectivity index (χ1) is 15.7. The van der Waals surface area contributed by atoms with Crippen molar-refractivity contribution in [3.05, 3.63) is 68.7 Å². The molecule has 0 radical (unpaired) electrons. The first-order valence-corrected chi connectivity index (χ1v) is 12.2. The number of carbonyl (C=O) groups is 2. The lowest BCUT2D eigenvalue weighted by molar-refractivity contribution is -0.116. The first kappa shape index (κ1) is 20.7. The average molecular weight is 465 g/mol. The summed E-state index contributed by atoms with van der Waals surface area (Å²) in [6.07, 6.45) is 6.17. The molecule has 32 heavy (non-hydrogen) atoms. The fourth-order valence-corrected chi connectivity index (χ4v) is 5.76. The molecule has 4 aromatic rings. The van der Waals surface area contributed by atoms with Gasteiger partial charge in [-0.15, -0.1) is 22.7 Å². The van der Waals surface area contributed by atoms with Crippen molar-refractivity contribution in [2.75, 3.05) is 5.32 Å². The molecule has 4 aromatic heterocycles. The Balaban J connectivity index is 1.30. The Morgan fingerprint density at radius 2 is 2.03 bits per heavy atom. The van der Waals surface area contributed by atoms with Crippen molar-refractivity contribution >= 4 is 39.4 Å². The summed E-state index contributed by atoms with van der Waals surface area (Å²) in [7, 11) is 0. The van der Waals surface area contributed by atoms with Gasteiger partial charge in [-0.25, -0.2) is 0 Å². The number of pyridine rings is 1. The molecule has 9 heteroatoms. The molecular weight excluding hydrogens is 444 g/mol. The van der Waals surface area contributed by atoms with Gasteiger partial charge >= 0.3 is 0 Å². The Hall–Kier alpha value is -3.17. The number of anilines is 1. The van der Waals surface area contributed by atoms with Crippen LogP contribution in [0.5, 0.6) is 0 Å². The smallest absolute Gasteiger partial charge is 0.227 e. The van der Waals surface area contributed by atoms with Gasteiger partial charge in [-0.3, -0.25) is 14.6 Å².